The first kappa shape index (κ1) is 11.7. The number of carbonyl (C=O) groups is 1. The Morgan fingerprint density at radius 2 is 2.06 bits per heavy atom. The average Bonchev–Trinajstić information content (AvgIpc) is 2.59. The van der Waals surface area contributed by atoms with Crippen molar-refractivity contribution in [2.75, 3.05) is 5.32 Å². The Labute approximate surface area is 104 Å². The average molecular weight is 250 g/mol. The molecule has 0 radical (unpaired) electrons. The highest BCUT2D eigenvalue weighted by molar-refractivity contribution is 6.30. The third kappa shape index (κ3) is 2.68. The second-order valence-corrected chi connectivity index (χ2v) is 4.25. The fraction of sp³-hybridized carbons (Fsp3) is 0.154. The van der Waals surface area contributed by atoms with E-state index in [2.05, 4.69) is 5.32 Å². The van der Waals surface area contributed by atoms with E-state index in [1.165, 1.54) is 0 Å². The highest BCUT2D eigenvalue weighted by Gasteiger charge is 2.12. The van der Waals surface area contributed by atoms with Gasteiger partial charge in [-0.3, -0.25) is 4.79 Å². The molecule has 0 aliphatic carbocycles. The Morgan fingerprint density at radius 1 is 1.29 bits per heavy atom. The Kier molecular flexibility index (Phi) is 3.20. The first-order valence-electron chi connectivity index (χ1n) is 5.20. The van der Waals surface area contributed by atoms with E-state index in [1.54, 1.807) is 30.3 Å². The summed E-state index contributed by atoms with van der Waals surface area (Å²) in [5.41, 5.74) is 1.61. The quantitative estimate of drug-likeness (QED) is 0.880. The van der Waals surface area contributed by atoms with Crippen LogP contribution in [0.2, 0.25) is 5.02 Å². The summed E-state index contributed by atoms with van der Waals surface area (Å²) in [6.45, 7) is 3.72. The van der Waals surface area contributed by atoms with Gasteiger partial charge in [0, 0.05) is 10.7 Å². The Hall–Kier alpha value is -1.74. The molecule has 1 aromatic carbocycles. The summed E-state index contributed by atoms with van der Waals surface area (Å²) < 4.78 is 5.33. The van der Waals surface area contributed by atoms with E-state index in [4.69, 9.17) is 16.0 Å². The van der Waals surface area contributed by atoms with E-state index in [1.807, 2.05) is 13.8 Å². The summed E-state index contributed by atoms with van der Waals surface area (Å²) >= 11 is 5.83. The van der Waals surface area contributed by atoms with E-state index in [0.29, 0.717) is 16.5 Å². The number of hydrogen-bond donors (Lipinski definition) is 1. The molecule has 0 unspecified atom stereocenters. The lowest BCUT2D eigenvalue weighted by atomic mass is 10.2. The van der Waals surface area contributed by atoms with Gasteiger partial charge in [0.2, 0.25) is 0 Å². The lowest BCUT2D eigenvalue weighted by Gasteiger charge is -2.02. The number of amides is 1. The fourth-order valence-corrected chi connectivity index (χ4v) is 1.63. The van der Waals surface area contributed by atoms with E-state index >= 15 is 0 Å². The molecule has 0 fully saturated rings. The summed E-state index contributed by atoms with van der Waals surface area (Å²) in [5.74, 6) is 0.782. The SMILES string of the molecule is Cc1cc(C(=O)Nc2cccc(Cl)c2)oc1C. The Morgan fingerprint density at radius 3 is 2.65 bits per heavy atom. The lowest BCUT2D eigenvalue weighted by molar-refractivity contribution is 0.0995. The summed E-state index contributed by atoms with van der Waals surface area (Å²) in [5, 5.41) is 3.30. The smallest absolute Gasteiger partial charge is 0.291 e. The van der Waals surface area contributed by atoms with Crippen LogP contribution in [0.5, 0.6) is 0 Å². The van der Waals surface area contributed by atoms with Crippen molar-refractivity contribution >= 4 is 23.2 Å². The second-order valence-electron chi connectivity index (χ2n) is 3.81. The standard InChI is InChI=1S/C13H12ClNO2/c1-8-6-12(17-9(8)2)13(16)15-11-5-3-4-10(14)7-11/h3-7H,1-2H3,(H,15,16). The summed E-state index contributed by atoms with van der Waals surface area (Å²) in [6.07, 6.45) is 0. The van der Waals surface area contributed by atoms with Crippen LogP contribution in [0, 0.1) is 13.8 Å². The number of carbonyl (C=O) groups excluding carboxylic acids is 1. The van der Waals surface area contributed by atoms with Gasteiger partial charge in [0.05, 0.1) is 0 Å². The molecule has 1 N–H and O–H groups in total. The molecule has 3 nitrogen and oxygen atoms in total. The molecule has 0 aliphatic heterocycles. The third-order valence-electron chi connectivity index (χ3n) is 2.47. The van der Waals surface area contributed by atoms with Crippen LogP contribution in [0.1, 0.15) is 21.9 Å². The number of hydrogen-bond acceptors (Lipinski definition) is 2. The first-order valence-corrected chi connectivity index (χ1v) is 5.58. The molecule has 1 heterocycles. The molecular formula is C13H12ClNO2. The Bertz CT molecular complexity index is 541. The molecule has 0 atom stereocenters. The van der Waals surface area contributed by atoms with Gasteiger partial charge >= 0.3 is 0 Å². The zero-order valence-corrected chi connectivity index (χ0v) is 10.3. The van der Waals surface area contributed by atoms with Crippen LogP contribution in [-0.2, 0) is 0 Å². The third-order valence-corrected chi connectivity index (χ3v) is 2.71. The maximum atomic E-state index is 11.8. The number of halogens is 1. The lowest BCUT2D eigenvalue weighted by Crippen LogP contribution is -2.10. The molecule has 1 amide bonds. The monoisotopic (exact) mass is 249 g/mol. The van der Waals surface area contributed by atoms with Crippen molar-refractivity contribution in [1.29, 1.82) is 0 Å². The van der Waals surface area contributed by atoms with Crippen molar-refractivity contribution in [2.24, 2.45) is 0 Å². The predicted octanol–water partition coefficient (Wildman–Crippen LogP) is 3.80. The van der Waals surface area contributed by atoms with Crippen molar-refractivity contribution in [3.8, 4) is 0 Å². The van der Waals surface area contributed by atoms with Gasteiger partial charge in [0.1, 0.15) is 5.76 Å². The maximum Gasteiger partial charge on any atom is 0.291 e. The molecule has 88 valence electrons. The molecule has 17 heavy (non-hydrogen) atoms. The minimum Gasteiger partial charge on any atom is -0.456 e. The number of rotatable bonds is 2. The van der Waals surface area contributed by atoms with Crippen LogP contribution in [0.4, 0.5) is 5.69 Å². The molecule has 2 aromatic rings. The number of anilines is 1. The van der Waals surface area contributed by atoms with E-state index < -0.39 is 0 Å². The predicted molar refractivity (Wildman–Crippen MR) is 67.6 cm³/mol. The van der Waals surface area contributed by atoms with Gasteiger partial charge in [-0.25, -0.2) is 0 Å². The van der Waals surface area contributed by atoms with Gasteiger partial charge < -0.3 is 9.73 Å². The maximum absolute atomic E-state index is 11.8. The number of aryl methyl sites for hydroxylation is 2. The van der Waals surface area contributed by atoms with E-state index in [0.717, 1.165) is 11.3 Å². The van der Waals surface area contributed by atoms with Crippen LogP contribution >= 0.6 is 11.6 Å². The number of nitrogens with one attached hydrogen (secondary N) is 1. The van der Waals surface area contributed by atoms with Crippen molar-refractivity contribution in [1.82, 2.24) is 0 Å². The highest BCUT2D eigenvalue weighted by atomic mass is 35.5. The molecule has 0 bridgehead atoms. The zero-order valence-electron chi connectivity index (χ0n) is 9.58. The van der Waals surface area contributed by atoms with Gasteiger partial charge in [0.25, 0.3) is 5.91 Å². The van der Waals surface area contributed by atoms with Crippen molar-refractivity contribution in [2.45, 2.75) is 13.8 Å². The zero-order chi connectivity index (χ0) is 12.4. The van der Waals surface area contributed by atoms with Gasteiger partial charge in [-0.1, -0.05) is 17.7 Å². The van der Waals surface area contributed by atoms with Gasteiger partial charge in [-0.2, -0.15) is 0 Å². The van der Waals surface area contributed by atoms with Crippen LogP contribution in [0.15, 0.2) is 34.7 Å². The van der Waals surface area contributed by atoms with Crippen molar-refractivity contribution < 1.29 is 9.21 Å². The van der Waals surface area contributed by atoms with Crippen molar-refractivity contribution in [3.05, 3.63) is 52.4 Å². The molecule has 0 spiro atoms. The van der Waals surface area contributed by atoms with Crippen LogP contribution in [0.3, 0.4) is 0 Å². The summed E-state index contributed by atoms with van der Waals surface area (Å²) in [6, 6.07) is 8.69. The number of furan rings is 1. The van der Waals surface area contributed by atoms with Crippen LogP contribution < -0.4 is 5.32 Å². The van der Waals surface area contributed by atoms with Gasteiger partial charge in [-0.05, 0) is 43.7 Å². The largest absolute Gasteiger partial charge is 0.456 e. The Balaban J connectivity index is 2.17. The molecule has 4 heteroatoms. The minimum atomic E-state index is -0.275. The van der Waals surface area contributed by atoms with Crippen molar-refractivity contribution in [3.63, 3.8) is 0 Å². The summed E-state index contributed by atoms with van der Waals surface area (Å²) in [7, 11) is 0. The number of benzene rings is 1. The van der Waals surface area contributed by atoms with E-state index in [9.17, 15) is 4.79 Å². The molecule has 1 aromatic heterocycles. The van der Waals surface area contributed by atoms with E-state index in [-0.39, 0.29) is 5.91 Å². The first-order chi connectivity index (χ1) is 8.06. The molecule has 0 saturated carbocycles. The second kappa shape index (κ2) is 4.63. The molecule has 0 saturated heterocycles. The van der Waals surface area contributed by atoms with Gasteiger partial charge in [-0.15, -0.1) is 0 Å². The topological polar surface area (TPSA) is 42.2 Å². The van der Waals surface area contributed by atoms with Gasteiger partial charge in [0.15, 0.2) is 5.76 Å². The van der Waals surface area contributed by atoms with Crippen LogP contribution in [-0.4, -0.2) is 5.91 Å². The molecule has 2 rings (SSSR count). The normalized spacial score (nSPS) is 10.3. The minimum absolute atomic E-state index is 0.275. The highest BCUT2D eigenvalue weighted by Crippen LogP contribution is 2.18. The fourth-order valence-electron chi connectivity index (χ4n) is 1.44. The summed E-state index contributed by atoms with van der Waals surface area (Å²) in [4.78, 5) is 11.8. The molecular weight excluding hydrogens is 238 g/mol. The van der Waals surface area contributed by atoms with Crippen LogP contribution in [0.25, 0.3) is 0 Å². The molecule has 0 aliphatic rings.